The third-order valence-corrected chi connectivity index (χ3v) is 5.95. The molecule has 2 aliphatic rings. The molecule has 0 N–H and O–H groups in total. The third-order valence-electron chi connectivity index (χ3n) is 5.95. The minimum atomic E-state index is 0.384. The lowest BCUT2D eigenvalue weighted by molar-refractivity contribution is 0.225. The van der Waals surface area contributed by atoms with Crippen LogP contribution in [0.5, 0.6) is 0 Å². The average molecular weight is 340 g/mol. The lowest BCUT2D eigenvalue weighted by Gasteiger charge is -2.24. The molecule has 0 amide bonds. The van der Waals surface area contributed by atoms with Crippen LogP contribution < -0.4 is 0 Å². The van der Waals surface area contributed by atoms with Crippen molar-refractivity contribution in [1.82, 2.24) is 19.9 Å². The van der Waals surface area contributed by atoms with Crippen LogP contribution in [-0.2, 0) is 6.54 Å². The first-order chi connectivity index (χ1) is 12.1. The van der Waals surface area contributed by atoms with Gasteiger partial charge in [-0.15, -0.1) is 0 Å². The fraction of sp³-hybridized carbons (Fsp3) is 0.600. The fourth-order valence-electron chi connectivity index (χ4n) is 4.33. The van der Waals surface area contributed by atoms with E-state index in [1.54, 1.807) is 0 Å². The quantitative estimate of drug-likeness (QED) is 0.832. The summed E-state index contributed by atoms with van der Waals surface area (Å²) in [5.41, 5.74) is 1.42. The zero-order valence-electron chi connectivity index (χ0n) is 15.4. The predicted molar refractivity (Wildman–Crippen MR) is 97.2 cm³/mol. The van der Waals surface area contributed by atoms with E-state index in [1.807, 2.05) is 0 Å². The van der Waals surface area contributed by atoms with E-state index in [-0.39, 0.29) is 0 Å². The zero-order valence-corrected chi connectivity index (χ0v) is 15.4. The first kappa shape index (κ1) is 16.7. The molecule has 134 valence electrons. The predicted octanol–water partition coefficient (Wildman–Crippen LogP) is 3.60. The standard InChI is InChI=1S/C20H28N4O/c1-14(2)23(3)13-19-21-20(22-25-19)16-12-18(15-8-5-4-6-9-15)24-11-7-10-17(16)24/h4-6,8-9,14,16-18H,7,10-13H2,1-3H3/t16-,17+,18-/m1/s1. The van der Waals surface area contributed by atoms with Gasteiger partial charge in [0.2, 0.25) is 5.89 Å². The second-order valence-corrected chi connectivity index (χ2v) is 7.77. The topological polar surface area (TPSA) is 45.4 Å². The van der Waals surface area contributed by atoms with Gasteiger partial charge in [0.1, 0.15) is 0 Å². The normalized spacial score (nSPS) is 26.7. The second kappa shape index (κ2) is 6.89. The molecule has 0 saturated carbocycles. The maximum absolute atomic E-state index is 5.57. The van der Waals surface area contributed by atoms with Crippen molar-refractivity contribution in [3.8, 4) is 0 Å². The molecule has 2 saturated heterocycles. The van der Waals surface area contributed by atoms with Crippen LogP contribution >= 0.6 is 0 Å². The Bertz CT molecular complexity index is 699. The van der Waals surface area contributed by atoms with E-state index in [9.17, 15) is 0 Å². The lowest BCUT2D eigenvalue weighted by atomic mass is 9.94. The molecule has 4 rings (SSSR count). The number of benzene rings is 1. The summed E-state index contributed by atoms with van der Waals surface area (Å²) < 4.78 is 5.57. The van der Waals surface area contributed by atoms with Crippen LogP contribution in [0.1, 0.15) is 62.3 Å². The van der Waals surface area contributed by atoms with E-state index >= 15 is 0 Å². The Hall–Kier alpha value is -1.72. The van der Waals surface area contributed by atoms with Gasteiger partial charge in [-0.1, -0.05) is 35.5 Å². The van der Waals surface area contributed by atoms with Crippen LogP contribution in [0.25, 0.3) is 0 Å². The molecule has 2 fully saturated rings. The number of hydrogen-bond donors (Lipinski definition) is 0. The summed E-state index contributed by atoms with van der Waals surface area (Å²) in [7, 11) is 2.09. The molecule has 3 atom stereocenters. The SMILES string of the molecule is CC(C)N(C)Cc1nc([C@@H]2C[C@H](c3ccccc3)N3CCC[C@@H]23)no1. The van der Waals surface area contributed by atoms with Gasteiger partial charge in [-0.05, 0) is 52.3 Å². The van der Waals surface area contributed by atoms with Crippen molar-refractivity contribution in [2.45, 2.75) is 63.7 Å². The smallest absolute Gasteiger partial charge is 0.240 e. The molecular weight excluding hydrogens is 312 g/mol. The largest absolute Gasteiger partial charge is 0.338 e. The van der Waals surface area contributed by atoms with Crippen molar-refractivity contribution in [2.75, 3.05) is 13.6 Å². The maximum atomic E-state index is 5.57. The van der Waals surface area contributed by atoms with E-state index in [0.717, 1.165) is 18.1 Å². The first-order valence-electron chi connectivity index (χ1n) is 9.47. The molecule has 1 aromatic heterocycles. The number of fused-ring (bicyclic) bond motifs is 1. The average Bonchev–Trinajstić information content (AvgIpc) is 3.31. The molecule has 5 nitrogen and oxygen atoms in total. The molecule has 1 aromatic carbocycles. The molecule has 0 bridgehead atoms. The minimum absolute atomic E-state index is 0.384. The van der Waals surface area contributed by atoms with E-state index in [1.165, 1.54) is 24.9 Å². The highest BCUT2D eigenvalue weighted by atomic mass is 16.5. The van der Waals surface area contributed by atoms with Gasteiger partial charge in [0.05, 0.1) is 6.54 Å². The summed E-state index contributed by atoms with van der Waals surface area (Å²) in [6.07, 6.45) is 3.60. The number of rotatable bonds is 5. The van der Waals surface area contributed by atoms with Crippen LogP contribution in [0.4, 0.5) is 0 Å². The molecule has 0 unspecified atom stereocenters. The summed E-state index contributed by atoms with van der Waals surface area (Å²) in [6, 6.07) is 12.4. The number of hydrogen-bond acceptors (Lipinski definition) is 5. The summed E-state index contributed by atoms with van der Waals surface area (Å²) >= 11 is 0. The van der Waals surface area contributed by atoms with Crippen molar-refractivity contribution >= 4 is 0 Å². The van der Waals surface area contributed by atoms with Crippen LogP contribution in [0.15, 0.2) is 34.9 Å². The Labute approximate surface area is 150 Å². The van der Waals surface area contributed by atoms with Gasteiger partial charge in [-0.25, -0.2) is 0 Å². The second-order valence-electron chi connectivity index (χ2n) is 7.77. The highest BCUT2D eigenvalue weighted by Crippen LogP contribution is 2.48. The van der Waals surface area contributed by atoms with E-state index in [0.29, 0.717) is 30.6 Å². The van der Waals surface area contributed by atoms with Crippen molar-refractivity contribution in [3.05, 3.63) is 47.6 Å². The molecule has 2 aliphatic heterocycles. The van der Waals surface area contributed by atoms with Gasteiger partial charge in [0, 0.05) is 24.0 Å². The number of nitrogens with zero attached hydrogens (tertiary/aromatic N) is 4. The van der Waals surface area contributed by atoms with E-state index in [2.05, 4.69) is 66.2 Å². The molecule has 0 aliphatic carbocycles. The molecule has 2 aromatic rings. The molecule has 3 heterocycles. The van der Waals surface area contributed by atoms with Gasteiger partial charge in [0.25, 0.3) is 0 Å². The van der Waals surface area contributed by atoms with E-state index < -0.39 is 0 Å². The van der Waals surface area contributed by atoms with Crippen molar-refractivity contribution in [2.24, 2.45) is 0 Å². The number of aromatic nitrogens is 2. The van der Waals surface area contributed by atoms with Gasteiger partial charge < -0.3 is 4.52 Å². The Morgan fingerprint density at radius 2 is 2.08 bits per heavy atom. The maximum Gasteiger partial charge on any atom is 0.240 e. The summed E-state index contributed by atoms with van der Waals surface area (Å²) in [5.74, 6) is 2.02. The van der Waals surface area contributed by atoms with Crippen molar-refractivity contribution in [1.29, 1.82) is 0 Å². The highest BCUT2D eigenvalue weighted by molar-refractivity contribution is 5.24. The van der Waals surface area contributed by atoms with Gasteiger partial charge in [-0.3, -0.25) is 9.80 Å². The zero-order chi connectivity index (χ0) is 17.4. The first-order valence-corrected chi connectivity index (χ1v) is 9.47. The van der Waals surface area contributed by atoms with Crippen LogP contribution in [0.3, 0.4) is 0 Å². The molecule has 25 heavy (non-hydrogen) atoms. The minimum Gasteiger partial charge on any atom is -0.338 e. The van der Waals surface area contributed by atoms with Crippen LogP contribution in [0.2, 0.25) is 0 Å². The molecule has 0 spiro atoms. The fourth-order valence-corrected chi connectivity index (χ4v) is 4.33. The van der Waals surface area contributed by atoms with Gasteiger partial charge >= 0.3 is 0 Å². The summed E-state index contributed by atoms with van der Waals surface area (Å²) in [5, 5.41) is 4.36. The monoisotopic (exact) mass is 340 g/mol. The Balaban J connectivity index is 1.54. The van der Waals surface area contributed by atoms with Crippen LogP contribution in [0, 0.1) is 0 Å². The highest BCUT2D eigenvalue weighted by Gasteiger charge is 2.46. The van der Waals surface area contributed by atoms with Crippen molar-refractivity contribution < 1.29 is 4.52 Å². The Morgan fingerprint density at radius 3 is 2.84 bits per heavy atom. The van der Waals surface area contributed by atoms with Crippen molar-refractivity contribution in [3.63, 3.8) is 0 Å². The molecule has 5 heteroatoms. The van der Waals surface area contributed by atoms with Gasteiger partial charge in [0.15, 0.2) is 5.82 Å². The summed E-state index contributed by atoms with van der Waals surface area (Å²) in [4.78, 5) is 9.64. The molecular formula is C20H28N4O. The Morgan fingerprint density at radius 1 is 1.28 bits per heavy atom. The summed E-state index contributed by atoms with van der Waals surface area (Å²) in [6.45, 7) is 6.25. The molecule has 0 radical (unpaired) electrons. The van der Waals surface area contributed by atoms with E-state index in [4.69, 9.17) is 9.51 Å². The Kier molecular flexibility index (Phi) is 4.61. The third kappa shape index (κ3) is 3.23. The lowest BCUT2D eigenvalue weighted by Crippen LogP contribution is -2.27. The van der Waals surface area contributed by atoms with Crippen LogP contribution in [-0.4, -0.2) is 45.6 Å². The van der Waals surface area contributed by atoms with Gasteiger partial charge in [-0.2, -0.15) is 4.98 Å².